The van der Waals surface area contributed by atoms with Gasteiger partial charge in [-0.25, -0.2) is 4.98 Å². The third kappa shape index (κ3) is 3.94. The molecule has 4 heterocycles. The zero-order valence-electron chi connectivity index (χ0n) is 17.0. The summed E-state index contributed by atoms with van der Waals surface area (Å²) in [6, 6.07) is 9.01. The van der Waals surface area contributed by atoms with Crippen molar-refractivity contribution in [2.24, 2.45) is 7.05 Å². The SMILES string of the molecule is Cn1cc(-c2ccc3[nH]c(C4CCOCC4)nc3c2Oc2cncc(Cl)c2)ccc1=O. The predicted octanol–water partition coefficient (Wildman–Crippen LogP) is 4.66. The number of halogens is 1. The Hall–Kier alpha value is -3.16. The molecule has 0 saturated carbocycles. The van der Waals surface area contributed by atoms with Crippen LogP contribution >= 0.6 is 11.6 Å². The Morgan fingerprint density at radius 1 is 1.19 bits per heavy atom. The summed E-state index contributed by atoms with van der Waals surface area (Å²) in [5.74, 6) is 2.37. The second kappa shape index (κ2) is 8.17. The summed E-state index contributed by atoms with van der Waals surface area (Å²) in [6.45, 7) is 1.48. The van der Waals surface area contributed by atoms with E-state index < -0.39 is 0 Å². The molecule has 0 radical (unpaired) electrons. The van der Waals surface area contributed by atoms with Crippen LogP contribution in [0.3, 0.4) is 0 Å². The van der Waals surface area contributed by atoms with Gasteiger partial charge in [-0.3, -0.25) is 9.78 Å². The maximum absolute atomic E-state index is 11.9. The summed E-state index contributed by atoms with van der Waals surface area (Å²) in [4.78, 5) is 24.4. The van der Waals surface area contributed by atoms with E-state index >= 15 is 0 Å². The fourth-order valence-electron chi connectivity index (χ4n) is 3.88. The van der Waals surface area contributed by atoms with Crippen molar-refractivity contribution >= 4 is 22.6 Å². The lowest BCUT2D eigenvalue weighted by atomic mass is 10.00. The Kier molecular flexibility index (Phi) is 5.21. The normalized spacial score (nSPS) is 14.8. The first-order chi connectivity index (χ1) is 15.1. The first-order valence-electron chi connectivity index (χ1n) is 10.1. The number of aromatic nitrogens is 4. The van der Waals surface area contributed by atoms with Gasteiger partial charge in [0.15, 0.2) is 5.75 Å². The van der Waals surface area contributed by atoms with E-state index in [4.69, 9.17) is 26.1 Å². The molecule has 0 bridgehead atoms. The van der Waals surface area contributed by atoms with Crippen LogP contribution in [0.5, 0.6) is 11.5 Å². The highest BCUT2D eigenvalue weighted by molar-refractivity contribution is 6.30. The van der Waals surface area contributed by atoms with Crippen molar-refractivity contribution in [1.82, 2.24) is 19.5 Å². The highest BCUT2D eigenvalue weighted by Crippen LogP contribution is 2.40. The Bertz CT molecular complexity index is 1310. The third-order valence-corrected chi connectivity index (χ3v) is 5.74. The molecule has 5 rings (SSSR count). The van der Waals surface area contributed by atoms with Gasteiger partial charge in [-0.15, -0.1) is 0 Å². The number of hydrogen-bond donors (Lipinski definition) is 1. The van der Waals surface area contributed by atoms with Crippen LogP contribution in [0.15, 0.2) is 53.7 Å². The van der Waals surface area contributed by atoms with Crippen LogP contribution in [0.25, 0.3) is 22.2 Å². The number of hydrogen-bond acceptors (Lipinski definition) is 5. The monoisotopic (exact) mass is 436 g/mol. The molecule has 0 spiro atoms. The lowest BCUT2D eigenvalue weighted by molar-refractivity contribution is 0.0838. The number of imidazole rings is 1. The molecule has 158 valence electrons. The number of ether oxygens (including phenoxy) is 2. The van der Waals surface area contributed by atoms with Crippen molar-refractivity contribution in [3.05, 3.63) is 70.1 Å². The van der Waals surface area contributed by atoms with Gasteiger partial charge >= 0.3 is 0 Å². The van der Waals surface area contributed by atoms with E-state index in [9.17, 15) is 4.79 Å². The van der Waals surface area contributed by atoms with Gasteiger partial charge in [0.2, 0.25) is 5.56 Å². The standard InChI is InChI=1S/C23H21ClN4O3/c1-28-13-15(2-5-20(28)29)18-3-4-19-21(22(18)31-17-10-16(24)11-25-12-17)27-23(26-19)14-6-8-30-9-7-14/h2-5,10-14H,6-9H2,1H3,(H,26,27). The molecule has 0 atom stereocenters. The second-order valence-electron chi connectivity index (χ2n) is 7.65. The highest BCUT2D eigenvalue weighted by Gasteiger charge is 2.22. The number of nitrogens with zero attached hydrogens (tertiary/aromatic N) is 3. The molecule has 1 aromatic carbocycles. The smallest absolute Gasteiger partial charge is 0.250 e. The summed E-state index contributed by atoms with van der Waals surface area (Å²) in [6.07, 6.45) is 6.82. The van der Waals surface area contributed by atoms with Gasteiger partial charge < -0.3 is 19.0 Å². The number of rotatable bonds is 4. The Labute approximate surface area is 183 Å². The molecular formula is C23H21ClN4O3. The minimum Gasteiger partial charge on any atom is -0.453 e. The molecule has 1 fully saturated rings. The van der Waals surface area contributed by atoms with Gasteiger partial charge in [0.05, 0.1) is 16.7 Å². The molecule has 1 aliphatic heterocycles. The van der Waals surface area contributed by atoms with Crippen LogP contribution in [0.1, 0.15) is 24.6 Å². The van der Waals surface area contributed by atoms with Gasteiger partial charge in [0, 0.05) is 61.8 Å². The largest absolute Gasteiger partial charge is 0.453 e. The quantitative estimate of drug-likeness (QED) is 0.503. The number of fused-ring (bicyclic) bond motifs is 1. The number of nitrogens with one attached hydrogen (secondary N) is 1. The molecule has 0 amide bonds. The third-order valence-electron chi connectivity index (χ3n) is 5.53. The Morgan fingerprint density at radius 2 is 2.03 bits per heavy atom. The first kappa shape index (κ1) is 19.8. The summed E-state index contributed by atoms with van der Waals surface area (Å²) in [5.41, 5.74) is 3.22. The van der Waals surface area contributed by atoms with E-state index in [0.717, 1.165) is 54.0 Å². The molecule has 1 aliphatic rings. The maximum atomic E-state index is 11.9. The maximum Gasteiger partial charge on any atom is 0.250 e. The van der Waals surface area contributed by atoms with Crippen molar-refractivity contribution in [2.45, 2.75) is 18.8 Å². The molecule has 1 saturated heterocycles. The molecule has 0 aliphatic carbocycles. The van der Waals surface area contributed by atoms with Gasteiger partial charge in [-0.05, 0) is 31.0 Å². The number of pyridine rings is 2. The predicted molar refractivity (Wildman–Crippen MR) is 119 cm³/mol. The zero-order chi connectivity index (χ0) is 21.4. The van der Waals surface area contributed by atoms with Crippen LogP contribution in [-0.4, -0.2) is 32.7 Å². The van der Waals surface area contributed by atoms with E-state index in [-0.39, 0.29) is 5.56 Å². The Balaban J connectivity index is 1.67. The average molecular weight is 437 g/mol. The summed E-state index contributed by atoms with van der Waals surface area (Å²) < 4.78 is 13.3. The van der Waals surface area contributed by atoms with Gasteiger partial charge in [-0.1, -0.05) is 11.6 Å². The minimum absolute atomic E-state index is 0.0760. The summed E-state index contributed by atoms with van der Waals surface area (Å²) in [7, 11) is 1.73. The highest BCUT2D eigenvalue weighted by atomic mass is 35.5. The molecule has 4 aromatic rings. The number of aromatic amines is 1. The van der Waals surface area contributed by atoms with Crippen LogP contribution in [0.4, 0.5) is 0 Å². The van der Waals surface area contributed by atoms with Crippen molar-refractivity contribution in [2.75, 3.05) is 13.2 Å². The van der Waals surface area contributed by atoms with Gasteiger partial charge in [-0.2, -0.15) is 0 Å². The van der Waals surface area contributed by atoms with Crippen LogP contribution < -0.4 is 10.3 Å². The molecular weight excluding hydrogens is 416 g/mol. The van der Waals surface area contributed by atoms with Crippen molar-refractivity contribution in [1.29, 1.82) is 0 Å². The molecule has 8 heteroatoms. The van der Waals surface area contributed by atoms with E-state index in [2.05, 4.69) is 9.97 Å². The molecule has 0 unspecified atom stereocenters. The van der Waals surface area contributed by atoms with Crippen LogP contribution in [0, 0.1) is 0 Å². The summed E-state index contributed by atoms with van der Waals surface area (Å²) >= 11 is 6.12. The van der Waals surface area contributed by atoms with Crippen molar-refractivity contribution in [3.63, 3.8) is 0 Å². The minimum atomic E-state index is -0.0760. The average Bonchev–Trinajstić information content (AvgIpc) is 3.22. The molecule has 3 aromatic heterocycles. The molecule has 7 nitrogen and oxygen atoms in total. The van der Waals surface area contributed by atoms with E-state index in [0.29, 0.717) is 22.4 Å². The zero-order valence-corrected chi connectivity index (χ0v) is 17.7. The number of H-pyrrole nitrogens is 1. The van der Waals surface area contributed by atoms with E-state index in [1.165, 1.54) is 0 Å². The number of aryl methyl sites for hydroxylation is 1. The topological polar surface area (TPSA) is 82.0 Å². The van der Waals surface area contributed by atoms with Crippen molar-refractivity contribution in [3.8, 4) is 22.6 Å². The van der Waals surface area contributed by atoms with Gasteiger partial charge in [0.25, 0.3) is 0 Å². The van der Waals surface area contributed by atoms with Crippen LogP contribution in [-0.2, 0) is 11.8 Å². The number of benzene rings is 1. The van der Waals surface area contributed by atoms with Crippen LogP contribution in [0.2, 0.25) is 5.02 Å². The fraction of sp³-hybridized carbons (Fsp3) is 0.261. The molecule has 31 heavy (non-hydrogen) atoms. The Morgan fingerprint density at radius 3 is 2.81 bits per heavy atom. The van der Waals surface area contributed by atoms with Gasteiger partial charge in [0.1, 0.15) is 17.1 Å². The van der Waals surface area contributed by atoms with Crippen molar-refractivity contribution < 1.29 is 9.47 Å². The van der Waals surface area contributed by atoms with E-state index in [1.54, 1.807) is 48.4 Å². The first-order valence-corrected chi connectivity index (χ1v) is 10.5. The second-order valence-corrected chi connectivity index (χ2v) is 8.09. The molecule has 1 N–H and O–H groups in total. The summed E-state index contributed by atoms with van der Waals surface area (Å²) in [5, 5.41) is 0.484. The fourth-order valence-corrected chi connectivity index (χ4v) is 4.05. The van der Waals surface area contributed by atoms with E-state index in [1.807, 2.05) is 12.1 Å². The lowest BCUT2D eigenvalue weighted by Gasteiger charge is -2.19. The lowest BCUT2D eigenvalue weighted by Crippen LogP contribution is -2.15.